The second-order valence-corrected chi connectivity index (χ2v) is 3.02. The Morgan fingerprint density at radius 2 is 1.67 bits per heavy atom. The van der Waals surface area contributed by atoms with Gasteiger partial charge < -0.3 is 0 Å². The molecule has 0 unspecified atom stereocenters. The summed E-state index contributed by atoms with van der Waals surface area (Å²) >= 11 is 5.16. The van der Waals surface area contributed by atoms with Gasteiger partial charge in [0.05, 0.1) is 10.6 Å². The lowest BCUT2D eigenvalue weighted by Gasteiger charge is -2.14. The molecule has 1 aromatic rings. The summed E-state index contributed by atoms with van der Waals surface area (Å²) in [7, 11) is 0. The van der Waals surface area contributed by atoms with Crippen molar-refractivity contribution in [2.75, 3.05) is 0 Å². The molecule has 0 bridgehead atoms. The molecule has 0 nitrogen and oxygen atoms in total. The fourth-order valence-electron chi connectivity index (χ4n) is 1.07. The number of rotatable bonds is 1. The lowest BCUT2D eigenvalue weighted by atomic mass is 10.1. The molecular formula is C8H3ClF6. The van der Waals surface area contributed by atoms with Gasteiger partial charge in [-0.2, -0.15) is 13.2 Å². The van der Waals surface area contributed by atoms with Crippen molar-refractivity contribution in [3.8, 4) is 0 Å². The molecule has 0 aliphatic heterocycles. The summed E-state index contributed by atoms with van der Waals surface area (Å²) in [6.07, 6.45) is -8.68. The van der Waals surface area contributed by atoms with Crippen LogP contribution in [0.15, 0.2) is 12.1 Å². The molecule has 7 heteroatoms. The Morgan fingerprint density at radius 1 is 1.13 bits per heavy atom. The summed E-state index contributed by atoms with van der Waals surface area (Å²) in [4.78, 5) is 0. The molecule has 0 saturated heterocycles. The number of hydrogen-bond acceptors (Lipinski definition) is 0. The van der Waals surface area contributed by atoms with Crippen LogP contribution in [0, 0.1) is 5.82 Å². The van der Waals surface area contributed by atoms with E-state index < -0.39 is 34.6 Å². The van der Waals surface area contributed by atoms with E-state index in [0.717, 1.165) is 0 Å². The van der Waals surface area contributed by atoms with Crippen molar-refractivity contribution in [3.05, 3.63) is 34.1 Å². The van der Waals surface area contributed by atoms with Gasteiger partial charge in [0.15, 0.2) is 0 Å². The predicted octanol–water partition coefficient (Wildman–Crippen LogP) is 4.44. The fourth-order valence-corrected chi connectivity index (χ4v) is 1.31. The highest BCUT2D eigenvalue weighted by Crippen LogP contribution is 2.41. The minimum absolute atomic E-state index is 0.400. The smallest absolute Gasteiger partial charge is 0.206 e. The van der Waals surface area contributed by atoms with E-state index in [9.17, 15) is 26.3 Å². The van der Waals surface area contributed by atoms with Crippen molar-refractivity contribution >= 4 is 11.6 Å². The van der Waals surface area contributed by atoms with Gasteiger partial charge in [0.2, 0.25) is 0 Å². The third-order valence-electron chi connectivity index (χ3n) is 1.64. The van der Waals surface area contributed by atoms with E-state index in [-0.39, 0.29) is 0 Å². The van der Waals surface area contributed by atoms with Crippen LogP contribution < -0.4 is 0 Å². The van der Waals surface area contributed by atoms with Crippen molar-refractivity contribution < 1.29 is 26.3 Å². The van der Waals surface area contributed by atoms with E-state index in [1.54, 1.807) is 0 Å². The summed E-state index contributed by atoms with van der Waals surface area (Å²) in [5.41, 5.74) is -3.53. The van der Waals surface area contributed by atoms with Crippen LogP contribution in [0.4, 0.5) is 26.3 Å². The zero-order valence-electron chi connectivity index (χ0n) is 6.88. The van der Waals surface area contributed by atoms with Crippen LogP contribution in [0.25, 0.3) is 0 Å². The maximum absolute atomic E-state index is 12.8. The van der Waals surface area contributed by atoms with Gasteiger partial charge >= 0.3 is 6.18 Å². The molecule has 0 amide bonds. The van der Waals surface area contributed by atoms with Crippen LogP contribution in [0.3, 0.4) is 0 Å². The Labute approximate surface area is 85.5 Å². The normalized spacial score (nSPS) is 12.3. The molecule has 0 aromatic heterocycles. The van der Waals surface area contributed by atoms with Gasteiger partial charge in [-0.15, -0.1) is 0 Å². The molecule has 0 atom stereocenters. The van der Waals surface area contributed by atoms with Gasteiger partial charge in [-0.3, -0.25) is 0 Å². The fraction of sp³-hybridized carbons (Fsp3) is 0.250. The van der Waals surface area contributed by atoms with Crippen LogP contribution in [-0.4, -0.2) is 0 Å². The maximum Gasteiger partial charge on any atom is 0.419 e. The highest BCUT2D eigenvalue weighted by atomic mass is 35.5. The Balaban J connectivity index is 3.53. The SMILES string of the molecule is Fc1ccc(Cl)c(C(F)F)c1C(F)(F)F. The molecule has 15 heavy (non-hydrogen) atoms. The number of halogens is 7. The van der Waals surface area contributed by atoms with Gasteiger partial charge in [0.1, 0.15) is 11.4 Å². The molecule has 0 spiro atoms. The van der Waals surface area contributed by atoms with E-state index in [1.807, 2.05) is 0 Å². The first kappa shape index (κ1) is 12.2. The van der Waals surface area contributed by atoms with Gasteiger partial charge in [-0.25, -0.2) is 13.2 Å². The molecule has 0 aliphatic carbocycles. The first-order valence-electron chi connectivity index (χ1n) is 3.58. The van der Waals surface area contributed by atoms with Crippen LogP contribution in [0.2, 0.25) is 5.02 Å². The molecule has 0 heterocycles. The Bertz CT molecular complexity index is 370. The average molecular weight is 249 g/mol. The van der Waals surface area contributed by atoms with Crippen LogP contribution in [0.1, 0.15) is 17.6 Å². The van der Waals surface area contributed by atoms with Crippen molar-refractivity contribution in [3.63, 3.8) is 0 Å². The zero-order valence-corrected chi connectivity index (χ0v) is 7.63. The van der Waals surface area contributed by atoms with Crippen LogP contribution in [0.5, 0.6) is 0 Å². The van der Waals surface area contributed by atoms with E-state index in [4.69, 9.17) is 11.6 Å². The number of benzene rings is 1. The first-order chi connectivity index (χ1) is 6.75. The molecule has 0 radical (unpaired) electrons. The molecule has 0 saturated carbocycles. The summed E-state index contributed by atoms with van der Waals surface area (Å²) < 4.78 is 73.9. The molecule has 0 aliphatic rings. The van der Waals surface area contributed by atoms with E-state index in [0.29, 0.717) is 12.1 Å². The Hall–Kier alpha value is -0.910. The van der Waals surface area contributed by atoms with E-state index in [1.165, 1.54) is 0 Å². The topological polar surface area (TPSA) is 0 Å². The van der Waals surface area contributed by atoms with Crippen molar-refractivity contribution in [2.24, 2.45) is 0 Å². The summed E-state index contributed by atoms with van der Waals surface area (Å²) in [5.74, 6) is -1.76. The van der Waals surface area contributed by atoms with Gasteiger partial charge in [-0.1, -0.05) is 11.6 Å². The lowest BCUT2D eigenvalue weighted by Crippen LogP contribution is -2.13. The summed E-state index contributed by atoms with van der Waals surface area (Å²) in [6, 6.07) is 1.06. The molecular weight excluding hydrogens is 246 g/mol. The first-order valence-corrected chi connectivity index (χ1v) is 3.96. The number of hydrogen-bond donors (Lipinski definition) is 0. The highest BCUT2D eigenvalue weighted by Gasteiger charge is 2.40. The van der Waals surface area contributed by atoms with Crippen molar-refractivity contribution in [1.29, 1.82) is 0 Å². The molecule has 84 valence electrons. The third-order valence-corrected chi connectivity index (χ3v) is 1.97. The quantitative estimate of drug-likeness (QED) is 0.645. The molecule has 1 rings (SSSR count). The average Bonchev–Trinajstić information content (AvgIpc) is 2.05. The zero-order chi connectivity index (χ0) is 11.8. The predicted molar refractivity (Wildman–Crippen MR) is 41.4 cm³/mol. The van der Waals surface area contributed by atoms with Crippen LogP contribution in [-0.2, 0) is 6.18 Å². The Kier molecular flexibility index (Phi) is 3.18. The van der Waals surface area contributed by atoms with Crippen molar-refractivity contribution in [2.45, 2.75) is 12.6 Å². The lowest BCUT2D eigenvalue weighted by molar-refractivity contribution is -0.142. The maximum atomic E-state index is 12.8. The minimum Gasteiger partial charge on any atom is -0.206 e. The second-order valence-electron chi connectivity index (χ2n) is 2.62. The van der Waals surface area contributed by atoms with Gasteiger partial charge in [-0.05, 0) is 12.1 Å². The Morgan fingerprint density at radius 3 is 2.00 bits per heavy atom. The van der Waals surface area contributed by atoms with Gasteiger partial charge in [0, 0.05) is 0 Å². The highest BCUT2D eigenvalue weighted by molar-refractivity contribution is 6.31. The largest absolute Gasteiger partial charge is 0.419 e. The van der Waals surface area contributed by atoms with E-state index >= 15 is 0 Å². The third kappa shape index (κ3) is 2.37. The van der Waals surface area contributed by atoms with Crippen molar-refractivity contribution in [1.82, 2.24) is 0 Å². The summed E-state index contributed by atoms with van der Waals surface area (Å²) in [6.45, 7) is 0. The molecule has 0 fully saturated rings. The summed E-state index contributed by atoms with van der Waals surface area (Å²) in [5, 5.41) is -0.807. The van der Waals surface area contributed by atoms with Crippen LogP contribution >= 0.6 is 11.6 Å². The standard InChI is InChI=1S/C8H3ClF6/c9-3-1-2-4(10)6(8(13,14)15)5(3)7(11)12/h1-2,7H. The monoisotopic (exact) mass is 248 g/mol. The number of alkyl halides is 5. The minimum atomic E-state index is -5.19. The molecule has 1 aromatic carbocycles. The molecule has 0 N–H and O–H groups in total. The second kappa shape index (κ2) is 3.92. The van der Waals surface area contributed by atoms with Gasteiger partial charge in [0.25, 0.3) is 6.43 Å². The van der Waals surface area contributed by atoms with E-state index in [2.05, 4.69) is 0 Å².